The lowest BCUT2D eigenvalue weighted by molar-refractivity contribution is 0.260. The lowest BCUT2D eigenvalue weighted by atomic mass is 9.85. The van der Waals surface area contributed by atoms with E-state index in [-0.39, 0.29) is 11.4 Å². The average molecular weight is 221 g/mol. The van der Waals surface area contributed by atoms with Crippen LogP contribution >= 0.6 is 0 Å². The molecule has 1 nitrogen and oxygen atoms in total. The largest absolute Gasteiger partial charge is 0.312 e. The first kappa shape index (κ1) is 11.6. The fraction of sp³-hybridized carbons (Fsp3) is 0.571. The normalized spacial score (nSPS) is 25.6. The third-order valence-electron chi connectivity index (χ3n) is 3.61. The minimum absolute atomic E-state index is 0.0677. The van der Waals surface area contributed by atoms with Gasteiger partial charge in [-0.3, -0.25) is 0 Å². The van der Waals surface area contributed by atoms with Gasteiger partial charge in [-0.15, -0.1) is 0 Å². The highest BCUT2D eigenvalue weighted by molar-refractivity contribution is 5.17. The average Bonchev–Trinajstić information content (AvgIpc) is 2.29. The van der Waals surface area contributed by atoms with Gasteiger partial charge in [0.2, 0.25) is 0 Å². The van der Waals surface area contributed by atoms with E-state index in [1.165, 1.54) is 19.3 Å². The van der Waals surface area contributed by atoms with Crippen LogP contribution in [0.25, 0.3) is 0 Å². The van der Waals surface area contributed by atoms with Crippen molar-refractivity contribution in [2.24, 2.45) is 0 Å². The molecule has 0 aromatic heterocycles. The van der Waals surface area contributed by atoms with E-state index in [1.54, 1.807) is 12.1 Å². The zero-order valence-electron chi connectivity index (χ0n) is 9.93. The molecule has 0 aliphatic carbocycles. The Morgan fingerprint density at radius 2 is 2.12 bits per heavy atom. The Morgan fingerprint density at radius 1 is 1.31 bits per heavy atom. The van der Waals surface area contributed by atoms with Crippen molar-refractivity contribution >= 4 is 0 Å². The van der Waals surface area contributed by atoms with Crippen LogP contribution in [0.15, 0.2) is 24.3 Å². The molecule has 16 heavy (non-hydrogen) atoms. The molecule has 1 saturated heterocycles. The smallest absolute Gasteiger partial charge is 0.126 e. The van der Waals surface area contributed by atoms with Crippen molar-refractivity contribution in [1.29, 1.82) is 0 Å². The van der Waals surface area contributed by atoms with Crippen molar-refractivity contribution < 1.29 is 4.39 Å². The van der Waals surface area contributed by atoms with E-state index in [2.05, 4.69) is 12.2 Å². The number of nitrogens with one attached hydrogen (secondary N) is 1. The molecular weight excluding hydrogens is 201 g/mol. The third kappa shape index (κ3) is 2.82. The SMILES string of the molecule is CC1(CCc2ccccc2F)CCCCN1. The highest BCUT2D eigenvalue weighted by atomic mass is 19.1. The van der Waals surface area contributed by atoms with E-state index in [9.17, 15) is 4.39 Å². The summed E-state index contributed by atoms with van der Waals surface area (Å²) >= 11 is 0. The summed E-state index contributed by atoms with van der Waals surface area (Å²) in [7, 11) is 0. The second kappa shape index (κ2) is 4.96. The molecule has 0 saturated carbocycles. The molecule has 1 aliphatic rings. The molecule has 1 N–H and O–H groups in total. The molecular formula is C14H20FN. The molecule has 0 amide bonds. The van der Waals surface area contributed by atoms with E-state index in [0.29, 0.717) is 0 Å². The van der Waals surface area contributed by atoms with Gasteiger partial charge in [-0.05, 0) is 50.8 Å². The van der Waals surface area contributed by atoms with Gasteiger partial charge in [0.05, 0.1) is 0 Å². The summed E-state index contributed by atoms with van der Waals surface area (Å²) in [5.74, 6) is -0.0677. The number of halogens is 1. The van der Waals surface area contributed by atoms with Crippen LogP contribution in [0.2, 0.25) is 0 Å². The summed E-state index contributed by atoms with van der Waals surface area (Å²) in [6, 6.07) is 7.10. The number of piperidine rings is 1. The quantitative estimate of drug-likeness (QED) is 0.826. The van der Waals surface area contributed by atoms with E-state index < -0.39 is 0 Å². The van der Waals surface area contributed by atoms with Gasteiger partial charge in [0, 0.05) is 5.54 Å². The van der Waals surface area contributed by atoms with E-state index in [4.69, 9.17) is 0 Å². The molecule has 1 fully saturated rings. The molecule has 88 valence electrons. The Bertz CT molecular complexity index is 342. The Morgan fingerprint density at radius 3 is 2.81 bits per heavy atom. The summed E-state index contributed by atoms with van der Waals surface area (Å²) in [4.78, 5) is 0. The van der Waals surface area contributed by atoms with Crippen LogP contribution in [0.3, 0.4) is 0 Å². The minimum atomic E-state index is -0.0677. The minimum Gasteiger partial charge on any atom is -0.312 e. The summed E-state index contributed by atoms with van der Waals surface area (Å²) < 4.78 is 13.4. The molecule has 0 spiro atoms. The van der Waals surface area contributed by atoms with Gasteiger partial charge in [-0.25, -0.2) is 4.39 Å². The van der Waals surface area contributed by atoms with E-state index in [0.717, 1.165) is 24.9 Å². The predicted molar refractivity (Wildman–Crippen MR) is 65.0 cm³/mol. The number of aryl methyl sites for hydroxylation is 1. The van der Waals surface area contributed by atoms with Crippen LogP contribution in [-0.2, 0) is 6.42 Å². The third-order valence-corrected chi connectivity index (χ3v) is 3.61. The first-order valence-corrected chi connectivity index (χ1v) is 6.18. The second-order valence-electron chi connectivity index (χ2n) is 5.04. The Kier molecular flexibility index (Phi) is 3.59. The van der Waals surface area contributed by atoms with Crippen LogP contribution in [0.5, 0.6) is 0 Å². The highest BCUT2D eigenvalue weighted by Gasteiger charge is 2.25. The van der Waals surface area contributed by atoms with Gasteiger partial charge in [0.25, 0.3) is 0 Å². The lowest BCUT2D eigenvalue weighted by Gasteiger charge is -2.35. The van der Waals surface area contributed by atoms with Gasteiger partial charge in [-0.1, -0.05) is 24.6 Å². The number of rotatable bonds is 3. The van der Waals surface area contributed by atoms with Gasteiger partial charge < -0.3 is 5.32 Å². The topological polar surface area (TPSA) is 12.0 Å². The van der Waals surface area contributed by atoms with Crippen LogP contribution in [0.4, 0.5) is 4.39 Å². The van der Waals surface area contributed by atoms with Crippen LogP contribution in [0.1, 0.15) is 38.2 Å². The number of hydrogen-bond acceptors (Lipinski definition) is 1. The molecule has 2 heteroatoms. The standard InChI is InChI=1S/C14H20FN/c1-14(9-4-5-11-16-14)10-8-12-6-2-3-7-13(12)15/h2-3,6-7,16H,4-5,8-11H2,1H3. The molecule has 0 radical (unpaired) electrons. The van der Waals surface area contributed by atoms with Gasteiger partial charge >= 0.3 is 0 Å². The van der Waals surface area contributed by atoms with Crippen molar-refractivity contribution in [2.45, 2.75) is 44.6 Å². The fourth-order valence-corrected chi connectivity index (χ4v) is 2.44. The van der Waals surface area contributed by atoms with Gasteiger partial charge in [0.15, 0.2) is 0 Å². The molecule has 1 atom stereocenters. The highest BCUT2D eigenvalue weighted by Crippen LogP contribution is 2.24. The summed E-state index contributed by atoms with van der Waals surface area (Å²) in [6.45, 7) is 3.36. The molecule has 1 heterocycles. The molecule has 1 aromatic carbocycles. The zero-order chi connectivity index (χ0) is 11.4. The molecule has 1 unspecified atom stereocenters. The predicted octanol–water partition coefficient (Wildman–Crippen LogP) is 3.29. The number of benzene rings is 1. The second-order valence-corrected chi connectivity index (χ2v) is 5.04. The van der Waals surface area contributed by atoms with Crippen molar-refractivity contribution in [3.63, 3.8) is 0 Å². The fourth-order valence-electron chi connectivity index (χ4n) is 2.44. The van der Waals surface area contributed by atoms with Gasteiger partial charge in [-0.2, -0.15) is 0 Å². The first-order valence-electron chi connectivity index (χ1n) is 6.18. The number of hydrogen-bond donors (Lipinski definition) is 1. The van der Waals surface area contributed by atoms with E-state index in [1.807, 2.05) is 12.1 Å². The molecule has 2 rings (SSSR count). The van der Waals surface area contributed by atoms with Crippen LogP contribution < -0.4 is 5.32 Å². The van der Waals surface area contributed by atoms with Crippen molar-refractivity contribution in [2.75, 3.05) is 6.54 Å². The van der Waals surface area contributed by atoms with Crippen molar-refractivity contribution in [1.82, 2.24) is 5.32 Å². The summed E-state index contributed by atoms with van der Waals surface area (Å²) in [6.07, 6.45) is 5.63. The maximum Gasteiger partial charge on any atom is 0.126 e. The maximum absolute atomic E-state index is 13.4. The molecule has 0 bridgehead atoms. The summed E-state index contributed by atoms with van der Waals surface area (Å²) in [5.41, 5.74) is 1.05. The first-order chi connectivity index (χ1) is 7.70. The van der Waals surface area contributed by atoms with Crippen LogP contribution in [-0.4, -0.2) is 12.1 Å². The Hall–Kier alpha value is -0.890. The van der Waals surface area contributed by atoms with Crippen molar-refractivity contribution in [3.8, 4) is 0 Å². The zero-order valence-corrected chi connectivity index (χ0v) is 9.93. The van der Waals surface area contributed by atoms with Crippen molar-refractivity contribution in [3.05, 3.63) is 35.6 Å². The van der Waals surface area contributed by atoms with Crippen LogP contribution in [0, 0.1) is 5.82 Å². The maximum atomic E-state index is 13.4. The summed E-state index contributed by atoms with van der Waals surface area (Å²) in [5, 5.41) is 3.56. The van der Waals surface area contributed by atoms with E-state index >= 15 is 0 Å². The monoisotopic (exact) mass is 221 g/mol. The Balaban J connectivity index is 1.94. The van der Waals surface area contributed by atoms with Gasteiger partial charge in [0.1, 0.15) is 5.82 Å². The lowest BCUT2D eigenvalue weighted by Crippen LogP contribution is -2.46. The molecule has 1 aromatic rings. The molecule has 1 aliphatic heterocycles. The Labute approximate surface area is 97.1 Å².